The van der Waals surface area contributed by atoms with Crippen LogP contribution in [0.5, 0.6) is 0 Å². The lowest BCUT2D eigenvalue weighted by Gasteiger charge is -2.02. The minimum atomic E-state index is -0.491. The van der Waals surface area contributed by atoms with Gasteiger partial charge >= 0.3 is 0 Å². The Balaban J connectivity index is 0. The lowest BCUT2D eigenvalue weighted by atomic mass is 10.1. The van der Waals surface area contributed by atoms with Gasteiger partial charge in [-0.05, 0) is 19.3 Å². The van der Waals surface area contributed by atoms with Gasteiger partial charge in [-0.15, -0.1) is 0 Å². The average Bonchev–Trinajstić information content (AvgIpc) is 2.48. The maximum absolute atomic E-state index is 8.74. The lowest BCUT2D eigenvalue weighted by Crippen LogP contribution is -2.10. The molecular weight excluding hydrogens is 256 g/mol. The van der Waals surface area contributed by atoms with Gasteiger partial charge in [0.05, 0.1) is 12.7 Å². The third-order valence-electron chi connectivity index (χ3n) is 3.17. The molecule has 0 amide bonds. The van der Waals surface area contributed by atoms with Crippen molar-refractivity contribution < 1.29 is 20.4 Å². The molecule has 0 aromatic rings. The fraction of sp³-hybridized carbons (Fsp3) is 1.00. The van der Waals surface area contributed by atoms with Gasteiger partial charge in [0.15, 0.2) is 0 Å². The Morgan fingerprint density at radius 1 is 0.650 bits per heavy atom. The van der Waals surface area contributed by atoms with Gasteiger partial charge in [0.2, 0.25) is 0 Å². The fourth-order valence-electron chi connectivity index (χ4n) is 1.82. The summed E-state index contributed by atoms with van der Waals surface area (Å²) in [6, 6.07) is 0. The summed E-state index contributed by atoms with van der Waals surface area (Å²) in [4.78, 5) is 0. The smallest absolute Gasteiger partial charge is 0.0770 e. The number of hydrogen-bond acceptors (Lipinski definition) is 4. The van der Waals surface area contributed by atoms with Gasteiger partial charge in [0, 0.05) is 13.2 Å². The van der Waals surface area contributed by atoms with Crippen molar-refractivity contribution in [2.45, 2.75) is 83.7 Å². The van der Waals surface area contributed by atoms with Crippen molar-refractivity contribution in [1.29, 1.82) is 0 Å². The molecule has 0 aromatic heterocycles. The number of aliphatic hydroxyl groups is 4. The first-order valence-electron chi connectivity index (χ1n) is 8.23. The molecule has 0 saturated carbocycles. The summed E-state index contributed by atoms with van der Waals surface area (Å²) < 4.78 is 0. The number of unbranched alkanes of at least 4 members (excludes halogenated alkanes) is 8. The van der Waals surface area contributed by atoms with E-state index in [0.717, 1.165) is 44.9 Å². The number of aliphatic hydroxyl groups excluding tert-OH is 4. The van der Waals surface area contributed by atoms with Crippen molar-refractivity contribution in [3.63, 3.8) is 0 Å². The summed E-state index contributed by atoms with van der Waals surface area (Å²) in [5.41, 5.74) is 0. The highest BCUT2D eigenvalue weighted by Crippen LogP contribution is 2.07. The summed E-state index contributed by atoms with van der Waals surface area (Å²) in [6.45, 7) is 2.64. The molecular formula is C16H36O4. The molecule has 0 aliphatic rings. The standard InChI is InChI=1S/C10H22O2.C6H14O2/c11-9-7-5-3-1-2-4-6-8-10-12;1-2-3-4-6(8)5-7/h11-12H,1-10H2;6-8H,2-5H2,1H3. The fourth-order valence-corrected chi connectivity index (χ4v) is 1.82. The largest absolute Gasteiger partial charge is 0.396 e. The number of hydrogen-bond donors (Lipinski definition) is 4. The van der Waals surface area contributed by atoms with Crippen molar-refractivity contribution in [2.75, 3.05) is 19.8 Å². The van der Waals surface area contributed by atoms with E-state index in [1.165, 1.54) is 25.7 Å². The molecule has 0 saturated heterocycles. The molecule has 0 spiro atoms. The molecule has 1 unspecified atom stereocenters. The summed E-state index contributed by atoms with van der Waals surface area (Å²) in [5, 5.41) is 34.1. The van der Waals surface area contributed by atoms with E-state index in [9.17, 15) is 0 Å². The van der Waals surface area contributed by atoms with Crippen molar-refractivity contribution in [1.82, 2.24) is 0 Å². The molecule has 0 aliphatic heterocycles. The Kier molecular flexibility index (Phi) is 23.4. The summed E-state index contributed by atoms with van der Waals surface area (Å²) >= 11 is 0. The molecule has 0 radical (unpaired) electrons. The van der Waals surface area contributed by atoms with Gasteiger partial charge in [-0.2, -0.15) is 0 Å². The molecule has 4 nitrogen and oxygen atoms in total. The highest BCUT2D eigenvalue weighted by atomic mass is 16.3. The Morgan fingerprint density at radius 3 is 1.35 bits per heavy atom. The zero-order valence-electron chi connectivity index (χ0n) is 13.3. The van der Waals surface area contributed by atoms with Crippen molar-refractivity contribution in [3.05, 3.63) is 0 Å². The first-order chi connectivity index (χ1) is 9.72. The number of rotatable bonds is 13. The zero-order valence-corrected chi connectivity index (χ0v) is 13.3. The van der Waals surface area contributed by atoms with E-state index < -0.39 is 6.10 Å². The molecule has 0 aromatic carbocycles. The predicted molar refractivity (Wildman–Crippen MR) is 83.7 cm³/mol. The van der Waals surface area contributed by atoms with Crippen molar-refractivity contribution >= 4 is 0 Å². The summed E-state index contributed by atoms with van der Waals surface area (Å²) in [6.07, 6.45) is 11.6. The van der Waals surface area contributed by atoms with Crippen LogP contribution in [0.2, 0.25) is 0 Å². The molecule has 0 heterocycles. The lowest BCUT2D eigenvalue weighted by molar-refractivity contribution is 0.0865. The van der Waals surface area contributed by atoms with Crippen LogP contribution < -0.4 is 0 Å². The van der Waals surface area contributed by atoms with Crippen LogP contribution in [0.15, 0.2) is 0 Å². The molecule has 124 valence electrons. The molecule has 1 atom stereocenters. The first-order valence-corrected chi connectivity index (χ1v) is 8.23. The third kappa shape index (κ3) is 23.0. The van der Waals surface area contributed by atoms with Crippen LogP contribution in [0.25, 0.3) is 0 Å². The van der Waals surface area contributed by atoms with Crippen molar-refractivity contribution in [3.8, 4) is 0 Å². The third-order valence-corrected chi connectivity index (χ3v) is 3.17. The van der Waals surface area contributed by atoms with Crippen LogP contribution in [0.1, 0.15) is 77.6 Å². The average molecular weight is 292 g/mol. The van der Waals surface area contributed by atoms with Gasteiger partial charge in [-0.25, -0.2) is 0 Å². The highest BCUT2D eigenvalue weighted by Gasteiger charge is 1.97. The molecule has 4 heteroatoms. The van der Waals surface area contributed by atoms with Gasteiger partial charge in [-0.1, -0.05) is 58.3 Å². The normalized spacial score (nSPS) is 11.8. The van der Waals surface area contributed by atoms with E-state index in [1.807, 2.05) is 0 Å². The van der Waals surface area contributed by atoms with E-state index in [4.69, 9.17) is 20.4 Å². The molecule has 0 fully saturated rings. The van der Waals surface area contributed by atoms with E-state index in [-0.39, 0.29) is 6.61 Å². The maximum atomic E-state index is 8.74. The van der Waals surface area contributed by atoms with Gasteiger partial charge in [0.1, 0.15) is 0 Å². The molecule has 20 heavy (non-hydrogen) atoms. The molecule has 0 aliphatic carbocycles. The summed E-state index contributed by atoms with van der Waals surface area (Å²) in [5.74, 6) is 0. The second-order valence-corrected chi connectivity index (χ2v) is 5.25. The van der Waals surface area contributed by atoms with Crippen LogP contribution in [0, 0.1) is 0 Å². The Labute approximate surface area is 124 Å². The van der Waals surface area contributed by atoms with Crippen LogP contribution in [-0.2, 0) is 0 Å². The molecule has 4 N–H and O–H groups in total. The summed E-state index contributed by atoms with van der Waals surface area (Å²) in [7, 11) is 0. The zero-order chi connectivity index (χ0) is 15.5. The van der Waals surface area contributed by atoms with Crippen LogP contribution >= 0.6 is 0 Å². The van der Waals surface area contributed by atoms with Gasteiger partial charge in [-0.3, -0.25) is 0 Å². The minimum Gasteiger partial charge on any atom is -0.396 e. The Bertz CT molecular complexity index is 143. The van der Waals surface area contributed by atoms with E-state index in [0.29, 0.717) is 13.2 Å². The van der Waals surface area contributed by atoms with Crippen LogP contribution in [0.4, 0.5) is 0 Å². The van der Waals surface area contributed by atoms with E-state index in [1.54, 1.807) is 0 Å². The Hall–Kier alpha value is -0.160. The quantitative estimate of drug-likeness (QED) is 0.393. The van der Waals surface area contributed by atoms with Crippen LogP contribution in [-0.4, -0.2) is 46.4 Å². The molecule has 0 bridgehead atoms. The van der Waals surface area contributed by atoms with Gasteiger partial charge in [0.25, 0.3) is 0 Å². The van der Waals surface area contributed by atoms with Gasteiger partial charge < -0.3 is 20.4 Å². The first kappa shape index (κ1) is 22.1. The SMILES string of the molecule is CCCCC(O)CO.OCCCCCCCCCCO. The highest BCUT2D eigenvalue weighted by molar-refractivity contribution is 4.50. The maximum Gasteiger partial charge on any atom is 0.0770 e. The van der Waals surface area contributed by atoms with E-state index in [2.05, 4.69) is 6.92 Å². The molecule has 0 rings (SSSR count). The Morgan fingerprint density at radius 2 is 1.05 bits per heavy atom. The van der Waals surface area contributed by atoms with Crippen molar-refractivity contribution in [2.24, 2.45) is 0 Å². The monoisotopic (exact) mass is 292 g/mol. The minimum absolute atomic E-state index is 0.0972. The topological polar surface area (TPSA) is 80.9 Å². The predicted octanol–water partition coefficient (Wildman–Crippen LogP) is 2.62. The van der Waals surface area contributed by atoms with Crippen LogP contribution in [0.3, 0.4) is 0 Å². The van der Waals surface area contributed by atoms with E-state index >= 15 is 0 Å². The second kappa shape index (κ2) is 21.1. The second-order valence-electron chi connectivity index (χ2n) is 5.25.